The zero-order chi connectivity index (χ0) is 26.4. The number of hydrogen-bond acceptors (Lipinski definition) is 4. The standard InChI is InChI=1S/C30H41N3O4/c1-30(2,3)32-28(35)25-11-7-6-10-24(25)20-27(34)26(31-29(36)33-14-16-37-17-15-33)19-21-12-13-22-8-4-5-9-23(22)18-21/h6-7,10-13,18,26-27,34H,4-5,8-9,14-17,19-20H2,1-3H3,(H,31,36)(H,32,35). The highest BCUT2D eigenvalue weighted by Gasteiger charge is 2.27. The van der Waals surface area contributed by atoms with Crippen LogP contribution in [-0.2, 0) is 30.4 Å². The number of urea groups is 1. The number of amides is 3. The molecule has 2 aliphatic rings. The number of aryl methyl sites for hydroxylation is 2. The number of fused-ring (bicyclic) bond motifs is 1. The molecule has 1 aliphatic heterocycles. The molecule has 0 saturated carbocycles. The maximum atomic E-state index is 13.1. The number of rotatable bonds is 7. The van der Waals surface area contributed by atoms with E-state index >= 15 is 0 Å². The van der Waals surface area contributed by atoms with Crippen molar-refractivity contribution in [2.24, 2.45) is 0 Å². The Morgan fingerprint density at radius 1 is 1.00 bits per heavy atom. The first-order chi connectivity index (χ1) is 17.7. The number of carbonyl (C=O) groups is 2. The number of aliphatic hydroxyl groups excluding tert-OH is 1. The van der Waals surface area contributed by atoms with E-state index in [0.717, 1.165) is 24.0 Å². The molecule has 2 aromatic rings. The van der Waals surface area contributed by atoms with E-state index in [9.17, 15) is 14.7 Å². The summed E-state index contributed by atoms with van der Waals surface area (Å²) in [7, 11) is 0. The predicted octanol–water partition coefficient (Wildman–Crippen LogP) is 3.65. The van der Waals surface area contributed by atoms with E-state index in [-0.39, 0.29) is 23.9 Å². The molecule has 1 heterocycles. The molecule has 1 fully saturated rings. The molecule has 3 N–H and O–H groups in total. The van der Waals surface area contributed by atoms with Gasteiger partial charge in [-0.3, -0.25) is 4.79 Å². The number of benzene rings is 2. The molecule has 1 aliphatic carbocycles. The van der Waals surface area contributed by atoms with E-state index in [1.54, 1.807) is 11.0 Å². The summed E-state index contributed by atoms with van der Waals surface area (Å²) in [5.41, 5.74) is 4.82. The number of aliphatic hydroxyl groups is 1. The van der Waals surface area contributed by atoms with Crippen molar-refractivity contribution in [2.45, 2.75) is 77.0 Å². The van der Waals surface area contributed by atoms with Crippen LogP contribution in [0.1, 0.15) is 66.2 Å². The van der Waals surface area contributed by atoms with Gasteiger partial charge in [-0.15, -0.1) is 0 Å². The van der Waals surface area contributed by atoms with Crippen molar-refractivity contribution in [3.05, 3.63) is 70.3 Å². The summed E-state index contributed by atoms with van der Waals surface area (Å²) >= 11 is 0. The normalized spacial score (nSPS) is 17.5. The second-order valence-corrected chi connectivity index (χ2v) is 11.3. The van der Waals surface area contributed by atoms with Crippen molar-refractivity contribution in [2.75, 3.05) is 26.3 Å². The van der Waals surface area contributed by atoms with Crippen LogP contribution in [0.5, 0.6) is 0 Å². The summed E-state index contributed by atoms with van der Waals surface area (Å²) in [5, 5.41) is 17.6. The number of carbonyl (C=O) groups excluding carboxylic acids is 2. The van der Waals surface area contributed by atoms with Crippen LogP contribution < -0.4 is 10.6 Å². The van der Waals surface area contributed by atoms with Gasteiger partial charge in [0.25, 0.3) is 5.91 Å². The quantitative estimate of drug-likeness (QED) is 0.534. The first kappa shape index (κ1) is 27.1. The molecular formula is C30H41N3O4. The predicted molar refractivity (Wildman–Crippen MR) is 145 cm³/mol. The van der Waals surface area contributed by atoms with E-state index < -0.39 is 12.1 Å². The van der Waals surface area contributed by atoms with Crippen LogP contribution in [0, 0.1) is 0 Å². The Bertz CT molecular complexity index is 1090. The fourth-order valence-corrected chi connectivity index (χ4v) is 5.16. The summed E-state index contributed by atoms with van der Waals surface area (Å²) in [6.07, 6.45) is 4.52. The van der Waals surface area contributed by atoms with Gasteiger partial charge < -0.3 is 25.4 Å². The summed E-state index contributed by atoms with van der Waals surface area (Å²) < 4.78 is 5.39. The molecule has 0 spiro atoms. The van der Waals surface area contributed by atoms with Crippen molar-refractivity contribution in [3.63, 3.8) is 0 Å². The summed E-state index contributed by atoms with van der Waals surface area (Å²) in [4.78, 5) is 27.8. The minimum atomic E-state index is -0.871. The Balaban J connectivity index is 1.54. The van der Waals surface area contributed by atoms with Gasteiger partial charge in [0.15, 0.2) is 0 Å². The lowest BCUT2D eigenvalue weighted by Gasteiger charge is -2.31. The van der Waals surface area contributed by atoms with Gasteiger partial charge in [0.2, 0.25) is 0 Å². The number of hydrogen-bond donors (Lipinski definition) is 3. The van der Waals surface area contributed by atoms with Crippen LogP contribution in [0.3, 0.4) is 0 Å². The number of nitrogens with one attached hydrogen (secondary N) is 2. The molecule has 2 unspecified atom stereocenters. The van der Waals surface area contributed by atoms with E-state index in [0.29, 0.717) is 38.3 Å². The van der Waals surface area contributed by atoms with Gasteiger partial charge in [-0.2, -0.15) is 0 Å². The third kappa shape index (κ3) is 7.55. The highest BCUT2D eigenvalue weighted by atomic mass is 16.5. The molecule has 0 aromatic heterocycles. The molecule has 200 valence electrons. The highest BCUT2D eigenvalue weighted by molar-refractivity contribution is 5.96. The molecule has 0 bridgehead atoms. The Kier molecular flexibility index (Phi) is 8.87. The molecule has 4 rings (SSSR count). The maximum absolute atomic E-state index is 13.1. The monoisotopic (exact) mass is 507 g/mol. The first-order valence-electron chi connectivity index (χ1n) is 13.5. The van der Waals surface area contributed by atoms with E-state index in [1.165, 1.54) is 24.0 Å². The minimum absolute atomic E-state index is 0.168. The van der Waals surface area contributed by atoms with Crippen LogP contribution in [0.4, 0.5) is 4.79 Å². The second-order valence-electron chi connectivity index (χ2n) is 11.3. The molecule has 37 heavy (non-hydrogen) atoms. The molecule has 0 radical (unpaired) electrons. The number of ether oxygens (including phenoxy) is 1. The average Bonchev–Trinajstić information content (AvgIpc) is 2.88. The van der Waals surface area contributed by atoms with Gasteiger partial charge in [0, 0.05) is 30.6 Å². The van der Waals surface area contributed by atoms with Crippen LogP contribution >= 0.6 is 0 Å². The SMILES string of the molecule is CC(C)(C)NC(=O)c1ccccc1CC(O)C(Cc1ccc2c(c1)CCCC2)NC(=O)N1CCOCC1. The third-order valence-corrected chi connectivity index (χ3v) is 7.12. The van der Waals surface area contributed by atoms with Gasteiger partial charge in [-0.1, -0.05) is 36.4 Å². The smallest absolute Gasteiger partial charge is 0.317 e. The molecular weight excluding hydrogens is 466 g/mol. The Labute approximate surface area is 220 Å². The summed E-state index contributed by atoms with van der Waals surface area (Å²) in [6, 6.07) is 13.2. The largest absolute Gasteiger partial charge is 0.391 e. The zero-order valence-corrected chi connectivity index (χ0v) is 22.4. The maximum Gasteiger partial charge on any atom is 0.317 e. The van der Waals surface area contributed by atoms with E-state index in [1.807, 2.05) is 39.0 Å². The lowest BCUT2D eigenvalue weighted by atomic mass is 9.88. The lowest BCUT2D eigenvalue weighted by molar-refractivity contribution is 0.0496. The fraction of sp³-hybridized carbons (Fsp3) is 0.533. The number of nitrogens with zero attached hydrogens (tertiary/aromatic N) is 1. The van der Waals surface area contributed by atoms with Gasteiger partial charge in [0.05, 0.1) is 25.4 Å². The minimum Gasteiger partial charge on any atom is -0.391 e. The molecule has 7 heteroatoms. The van der Waals surface area contributed by atoms with Gasteiger partial charge in [-0.25, -0.2) is 4.79 Å². The van der Waals surface area contributed by atoms with Crippen molar-refractivity contribution in [1.29, 1.82) is 0 Å². The Morgan fingerprint density at radius 2 is 1.70 bits per heavy atom. The molecule has 2 aromatic carbocycles. The van der Waals surface area contributed by atoms with Crippen LogP contribution in [0.25, 0.3) is 0 Å². The molecule has 2 atom stereocenters. The number of morpholine rings is 1. The van der Waals surface area contributed by atoms with Gasteiger partial charge in [0.1, 0.15) is 0 Å². The van der Waals surface area contributed by atoms with Crippen molar-refractivity contribution >= 4 is 11.9 Å². The Morgan fingerprint density at radius 3 is 2.43 bits per heavy atom. The molecule has 3 amide bonds. The van der Waals surface area contributed by atoms with Crippen molar-refractivity contribution in [3.8, 4) is 0 Å². The van der Waals surface area contributed by atoms with Gasteiger partial charge >= 0.3 is 6.03 Å². The average molecular weight is 508 g/mol. The highest BCUT2D eigenvalue weighted by Crippen LogP contribution is 2.24. The first-order valence-corrected chi connectivity index (χ1v) is 13.5. The fourth-order valence-electron chi connectivity index (χ4n) is 5.16. The van der Waals surface area contributed by atoms with Crippen LogP contribution in [-0.4, -0.2) is 65.9 Å². The molecule has 7 nitrogen and oxygen atoms in total. The molecule has 1 saturated heterocycles. The third-order valence-electron chi connectivity index (χ3n) is 7.12. The lowest BCUT2D eigenvalue weighted by Crippen LogP contribution is -2.53. The van der Waals surface area contributed by atoms with Gasteiger partial charge in [-0.05, 0) is 81.2 Å². The van der Waals surface area contributed by atoms with E-state index in [2.05, 4.69) is 28.8 Å². The second kappa shape index (κ2) is 12.1. The summed E-state index contributed by atoms with van der Waals surface area (Å²) in [5.74, 6) is -0.168. The van der Waals surface area contributed by atoms with Crippen LogP contribution in [0.15, 0.2) is 42.5 Å². The summed E-state index contributed by atoms with van der Waals surface area (Å²) in [6.45, 7) is 7.92. The van der Waals surface area contributed by atoms with Crippen molar-refractivity contribution in [1.82, 2.24) is 15.5 Å². The van der Waals surface area contributed by atoms with Crippen LogP contribution in [0.2, 0.25) is 0 Å². The Hall–Kier alpha value is -2.90. The van der Waals surface area contributed by atoms with E-state index in [4.69, 9.17) is 4.74 Å². The zero-order valence-electron chi connectivity index (χ0n) is 22.4. The topological polar surface area (TPSA) is 90.9 Å². The van der Waals surface area contributed by atoms with Crippen molar-refractivity contribution < 1.29 is 19.4 Å².